The van der Waals surface area contributed by atoms with Gasteiger partial charge < -0.3 is 15.5 Å². The molecule has 0 radical (unpaired) electrons. The van der Waals surface area contributed by atoms with Gasteiger partial charge in [-0.1, -0.05) is 322 Å². The van der Waals surface area contributed by atoms with E-state index in [1.807, 2.05) is 6.08 Å². The molecule has 0 saturated carbocycles. The van der Waals surface area contributed by atoms with Crippen molar-refractivity contribution in [2.45, 2.75) is 315 Å². The van der Waals surface area contributed by atoms with Gasteiger partial charge in [-0.2, -0.15) is 0 Å². The molecule has 4 heteroatoms. The third-order valence-corrected chi connectivity index (χ3v) is 14.0. The highest BCUT2D eigenvalue weighted by Crippen LogP contribution is 2.17. The maximum absolute atomic E-state index is 12.5. The first kappa shape index (κ1) is 70.1. The van der Waals surface area contributed by atoms with Crippen LogP contribution in [0, 0.1) is 0 Å². The second-order valence-corrected chi connectivity index (χ2v) is 21.1. The summed E-state index contributed by atoms with van der Waals surface area (Å²) in [6.07, 6.45) is 95.6. The van der Waals surface area contributed by atoms with Crippen LogP contribution >= 0.6 is 0 Å². The molecule has 0 aliphatic heterocycles. The van der Waals surface area contributed by atoms with Crippen molar-refractivity contribution in [2.75, 3.05) is 6.61 Å². The van der Waals surface area contributed by atoms with E-state index in [0.717, 1.165) is 77.0 Å². The van der Waals surface area contributed by atoms with Crippen LogP contribution < -0.4 is 5.32 Å². The molecule has 420 valence electrons. The molecule has 73 heavy (non-hydrogen) atoms. The Bertz CT molecular complexity index is 1380. The maximum Gasteiger partial charge on any atom is 0.220 e. The molecule has 0 bridgehead atoms. The molecule has 4 nitrogen and oxygen atoms in total. The number of nitrogens with one attached hydrogen (secondary N) is 1. The number of rotatable bonds is 57. The van der Waals surface area contributed by atoms with Gasteiger partial charge in [0, 0.05) is 6.42 Å². The van der Waals surface area contributed by atoms with Crippen molar-refractivity contribution in [3.63, 3.8) is 0 Å². The van der Waals surface area contributed by atoms with Crippen molar-refractivity contribution < 1.29 is 15.0 Å². The monoisotopic (exact) mass is 1010 g/mol. The molecule has 0 spiro atoms. The number of aliphatic hydroxyl groups excluding tert-OH is 2. The van der Waals surface area contributed by atoms with E-state index in [4.69, 9.17) is 0 Å². The average Bonchev–Trinajstić information content (AvgIpc) is 3.40. The number of unbranched alkanes of at least 4 members (excludes halogenated alkanes) is 34. The summed E-state index contributed by atoms with van der Waals surface area (Å²) in [5.41, 5.74) is 0. The van der Waals surface area contributed by atoms with Crippen LogP contribution in [0.3, 0.4) is 0 Å². The Balaban J connectivity index is 3.54. The van der Waals surface area contributed by atoms with E-state index in [-0.39, 0.29) is 12.5 Å². The number of hydrogen-bond acceptors (Lipinski definition) is 3. The minimum absolute atomic E-state index is 0.0670. The number of allylic oxidation sites excluding steroid dienone is 17. The van der Waals surface area contributed by atoms with Crippen molar-refractivity contribution in [3.05, 3.63) is 109 Å². The molecule has 0 aromatic heterocycles. The standard InChI is InChI=1S/C69H121NO3/c1-3-5-7-9-11-13-15-17-19-21-23-25-27-29-30-31-32-33-34-35-36-37-38-39-40-41-43-45-47-49-51-53-55-57-59-61-63-65-69(73)70-67(66-71)68(72)64-62-60-58-56-54-52-50-48-46-44-42-28-26-24-22-20-18-16-14-12-10-8-6-4-2/h5,7,11,13,17,19,23,25,29-30,32-33,35-36,38-39,62,64,67-68,71-72H,3-4,6,8-10,12,14-16,18,20-22,24,26-28,31,34,37,40-61,63,65-66H2,1-2H3,(H,70,73)/b7-5-,13-11-,19-17-,25-23-,30-29-,33-32-,36-35-,39-38-,64-62+. The van der Waals surface area contributed by atoms with Gasteiger partial charge in [-0.25, -0.2) is 0 Å². The number of amides is 1. The molecule has 0 saturated heterocycles. The van der Waals surface area contributed by atoms with Crippen LogP contribution in [-0.2, 0) is 4.79 Å². The Hall–Kier alpha value is -2.95. The summed E-state index contributed by atoms with van der Waals surface area (Å²) in [6.45, 7) is 4.21. The first-order chi connectivity index (χ1) is 36.2. The van der Waals surface area contributed by atoms with Gasteiger partial charge in [0.2, 0.25) is 5.91 Å². The van der Waals surface area contributed by atoms with Crippen LogP contribution in [0.5, 0.6) is 0 Å². The SMILES string of the molecule is CC/C=C\C/C=C\C/C=C\C/C=C\C/C=C\C/C=C\C/C=C\C/C=C\CCCCCCCCCCCCCCC(=O)NC(CO)C(O)/C=C/CCCCCCCCCCCCCCCCCCCCCCCC. The lowest BCUT2D eigenvalue weighted by atomic mass is 10.0. The second kappa shape index (κ2) is 63.3. The van der Waals surface area contributed by atoms with E-state index in [9.17, 15) is 15.0 Å². The third kappa shape index (κ3) is 59.8. The molecule has 0 aromatic carbocycles. The van der Waals surface area contributed by atoms with Crippen LogP contribution in [0.25, 0.3) is 0 Å². The van der Waals surface area contributed by atoms with Crippen molar-refractivity contribution in [3.8, 4) is 0 Å². The van der Waals surface area contributed by atoms with E-state index in [1.54, 1.807) is 6.08 Å². The molecule has 2 unspecified atom stereocenters. The van der Waals surface area contributed by atoms with Gasteiger partial charge in [0.1, 0.15) is 0 Å². The molecule has 1 amide bonds. The molecule has 0 aliphatic carbocycles. The van der Waals surface area contributed by atoms with Gasteiger partial charge in [-0.05, 0) is 83.5 Å². The number of hydrogen-bond donors (Lipinski definition) is 3. The highest BCUT2D eigenvalue weighted by molar-refractivity contribution is 5.76. The Morgan fingerprint density at radius 1 is 0.342 bits per heavy atom. The largest absolute Gasteiger partial charge is 0.394 e. The molecular weight excluding hydrogens is 891 g/mol. The van der Waals surface area contributed by atoms with E-state index in [0.29, 0.717) is 6.42 Å². The summed E-state index contributed by atoms with van der Waals surface area (Å²) < 4.78 is 0. The Morgan fingerprint density at radius 3 is 0.904 bits per heavy atom. The summed E-state index contributed by atoms with van der Waals surface area (Å²) >= 11 is 0. The number of aliphatic hydroxyl groups is 2. The molecule has 0 aromatic rings. The van der Waals surface area contributed by atoms with E-state index >= 15 is 0 Å². The number of carbonyl (C=O) groups is 1. The van der Waals surface area contributed by atoms with Crippen LogP contribution in [0.15, 0.2) is 109 Å². The van der Waals surface area contributed by atoms with Crippen LogP contribution in [0.2, 0.25) is 0 Å². The summed E-state index contributed by atoms with van der Waals surface area (Å²) in [5, 5.41) is 23.2. The molecule has 2 atom stereocenters. The van der Waals surface area contributed by atoms with Crippen LogP contribution in [0.1, 0.15) is 303 Å². The van der Waals surface area contributed by atoms with Crippen molar-refractivity contribution >= 4 is 5.91 Å². The van der Waals surface area contributed by atoms with Crippen molar-refractivity contribution in [2.24, 2.45) is 0 Å². The predicted octanol–water partition coefficient (Wildman–Crippen LogP) is 21.4. The second-order valence-electron chi connectivity index (χ2n) is 21.1. The Morgan fingerprint density at radius 2 is 0.603 bits per heavy atom. The summed E-state index contributed by atoms with van der Waals surface area (Å²) in [6, 6.07) is -0.631. The van der Waals surface area contributed by atoms with Gasteiger partial charge in [0.25, 0.3) is 0 Å². The zero-order valence-corrected chi connectivity index (χ0v) is 48.4. The van der Waals surface area contributed by atoms with Gasteiger partial charge in [-0.3, -0.25) is 4.79 Å². The lowest BCUT2D eigenvalue weighted by molar-refractivity contribution is -0.123. The third-order valence-electron chi connectivity index (χ3n) is 14.0. The molecule has 0 heterocycles. The number of carbonyl (C=O) groups excluding carboxylic acids is 1. The lowest BCUT2D eigenvalue weighted by Gasteiger charge is -2.20. The van der Waals surface area contributed by atoms with Crippen molar-refractivity contribution in [1.82, 2.24) is 5.32 Å². The lowest BCUT2D eigenvalue weighted by Crippen LogP contribution is -2.45. The highest BCUT2D eigenvalue weighted by atomic mass is 16.3. The Labute approximate surface area is 455 Å². The zero-order chi connectivity index (χ0) is 52.7. The van der Waals surface area contributed by atoms with E-state index in [1.165, 1.54) is 205 Å². The fraction of sp³-hybridized carbons (Fsp3) is 0.725. The van der Waals surface area contributed by atoms with Gasteiger partial charge in [0.15, 0.2) is 0 Å². The summed E-state index contributed by atoms with van der Waals surface area (Å²) in [7, 11) is 0. The molecular formula is C69H121NO3. The zero-order valence-electron chi connectivity index (χ0n) is 48.4. The van der Waals surface area contributed by atoms with E-state index in [2.05, 4.69) is 116 Å². The maximum atomic E-state index is 12.5. The van der Waals surface area contributed by atoms with E-state index < -0.39 is 12.1 Å². The van der Waals surface area contributed by atoms with Gasteiger partial charge >= 0.3 is 0 Å². The first-order valence-electron chi connectivity index (χ1n) is 31.6. The fourth-order valence-corrected chi connectivity index (χ4v) is 9.26. The Kier molecular flexibility index (Phi) is 60.8. The normalized spacial score (nSPS) is 13.5. The quantitative estimate of drug-likeness (QED) is 0.0420. The predicted molar refractivity (Wildman–Crippen MR) is 326 cm³/mol. The average molecular weight is 1010 g/mol. The molecule has 0 fully saturated rings. The van der Waals surface area contributed by atoms with Crippen molar-refractivity contribution in [1.29, 1.82) is 0 Å². The molecule has 0 aliphatic rings. The molecule has 0 rings (SSSR count). The summed E-state index contributed by atoms with van der Waals surface area (Å²) in [4.78, 5) is 12.5. The van der Waals surface area contributed by atoms with Gasteiger partial charge in [-0.15, -0.1) is 0 Å². The first-order valence-corrected chi connectivity index (χ1v) is 31.6. The van der Waals surface area contributed by atoms with Gasteiger partial charge in [0.05, 0.1) is 18.8 Å². The minimum atomic E-state index is -0.847. The topological polar surface area (TPSA) is 69.6 Å². The highest BCUT2D eigenvalue weighted by Gasteiger charge is 2.18. The molecule has 3 N–H and O–H groups in total. The smallest absolute Gasteiger partial charge is 0.220 e. The fourth-order valence-electron chi connectivity index (χ4n) is 9.26. The van der Waals surface area contributed by atoms with Crippen LogP contribution in [0.4, 0.5) is 0 Å². The minimum Gasteiger partial charge on any atom is -0.394 e. The van der Waals surface area contributed by atoms with Crippen LogP contribution in [-0.4, -0.2) is 34.9 Å². The summed E-state index contributed by atoms with van der Waals surface area (Å²) in [5.74, 6) is -0.0670.